The van der Waals surface area contributed by atoms with Crippen LogP contribution in [0, 0.1) is 3.57 Å². The molecule has 1 heterocycles. The van der Waals surface area contributed by atoms with Crippen LogP contribution in [-0.4, -0.2) is 12.1 Å². The van der Waals surface area contributed by atoms with Crippen molar-refractivity contribution in [2.24, 2.45) is 0 Å². The van der Waals surface area contributed by atoms with Gasteiger partial charge in [0.1, 0.15) is 11.4 Å². The van der Waals surface area contributed by atoms with Crippen molar-refractivity contribution in [1.29, 1.82) is 0 Å². The highest BCUT2D eigenvalue weighted by Crippen LogP contribution is 2.46. The number of halogens is 1. The number of hydrogen-bond donors (Lipinski definition) is 1. The number of rotatable bonds is 0. The maximum absolute atomic E-state index is 5.94. The van der Waals surface area contributed by atoms with E-state index in [2.05, 4.69) is 34.0 Å². The topological polar surface area (TPSA) is 21.3 Å². The molecule has 3 rings (SSSR count). The molecule has 1 N–H and O–H groups in total. The normalized spacial score (nSPS) is 21.6. The SMILES string of the molecule is Ic1cccc2c1NCC1(CC1)O2. The zero-order chi connectivity index (χ0) is 8.89. The van der Waals surface area contributed by atoms with Crippen molar-refractivity contribution in [2.75, 3.05) is 11.9 Å². The molecule has 1 fully saturated rings. The van der Waals surface area contributed by atoms with Crippen LogP contribution in [0.5, 0.6) is 5.75 Å². The third-order valence-electron chi connectivity index (χ3n) is 2.70. The lowest BCUT2D eigenvalue weighted by molar-refractivity contribution is 0.184. The molecule has 1 aliphatic carbocycles. The van der Waals surface area contributed by atoms with Gasteiger partial charge in [0.2, 0.25) is 0 Å². The number of anilines is 1. The average molecular weight is 287 g/mol. The van der Waals surface area contributed by atoms with E-state index in [0.29, 0.717) is 0 Å². The molecule has 2 aliphatic rings. The Morgan fingerprint density at radius 3 is 3.00 bits per heavy atom. The van der Waals surface area contributed by atoms with Crippen molar-refractivity contribution in [3.8, 4) is 5.75 Å². The number of benzene rings is 1. The molecule has 1 aromatic rings. The second-order valence-corrected chi connectivity index (χ2v) is 4.91. The van der Waals surface area contributed by atoms with Gasteiger partial charge in [0.25, 0.3) is 0 Å². The van der Waals surface area contributed by atoms with Crippen molar-refractivity contribution in [2.45, 2.75) is 18.4 Å². The van der Waals surface area contributed by atoms with E-state index in [4.69, 9.17) is 4.74 Å². The van der Waals surface area contributed by atoms with E-state index in [1.807, 2.05) is 12.1 Å². The highest BCUT2D eigenvalue weighted by molar-refractivity contribution is 14.1. The molecule has 0 atom stereocenters. The maximum Gasteiger partial charge on any atom is 0.144 e. The number of nitrogens with one attached hydrogen (secondary N) is 1. The molecule has 68 valence electrons. The van der Waals surface area contributed by atoms with Crippen molar-refractivity contribution in [1.82, 2.24) is 0 Å². The lowest BCUT2D eigenvalue weighted by atomic mass is 10.2. The summed E-state index contributed by atoms with van der Waals surface area (Å²) in [6.07, 6.45) is 2.40. The quantitative estimate of drug-likeness (QED) is 0.741. The molecule has 0 amide bonds. The van der Waals surface area contributed by atoms with E-state index >= 15 is 0 Å². The Labute approximate surface area is 90.8 Å². The predicted molar refractivity (Wildman–Crippen MR) is 60.2 cm³/mol. The summed E-state index contributed by atoms with van der Waals surface area (Å²) in [6, 6.07) is 6.19. The van der Waals surface area contributed by atoms with E-state index in [-0.39, 0.29) is 5.60 Å². The summed E-state index contributed by atoms with van der Waals surface area (Å²) in [5.41, 5.74) is 1.32. The molecule has 3 heteroatoms. The van der Waals surface area contributed by atoms with Crippen LogP contribution in [0.15, 0.2) is 18.2 Å². The maximum atomic E-state index is 5.94. The van der Waals surface area contributed by atoms with Crippen molar-refractivity contribution >= 4 is 28.3 Å². The molecule has 0 unspecified atom stereocenters. The van der Waals surface area contributed by atoms with Crippen LogP contribution in [0.1, 0.15) is 12.8 Å². The highest BCUT2D eigenvalue weighted by atomic mass is 127. The minimum absolute atomic E-state index is 0.150. The van der Waals surface area contributed by atoms with Gasteiger partial charge in [-0.1, -0.05) is 6.07 Å². The molecule has 1 aliphatic heterocycles. The summed E-state index contributed by atoms with van der Waals surface area (Å²) in [7, 11) is 0. The monoisotopic (exact) mass is 287 g/mol. The first kappa shape index (κ1) is 7.91. The molecule has 0 radical (unpaired) electrons. The van der Waals surface area contributed by atoms with Gasteiger partial charge in [0, 0.05) is 3.57 Å². The number of ether oxygens (including phenoxy) is 1. The van der Waals surface area contributed by atoms with Gasteiger partial charge in [-0.2, -0.15) is 0 Å². The molecule has 0 bridgehead atoms. The van der Waals surface area contributed by atoms with Gasteiger partial charge >= 0.3 is 0 Å². The third-order valence-corrected chi connectivity index (χ3v) is 3.60. The Bertz CT molecular complexity index is 360. The van der Waals surface area contributed by atoms with E-state index in [9.17, 15) is 0 Å². The molecule has 1 aromatic carbocycles. The highest BCUT2D eigenvalue weighted by Gasteiger charge is 2.47. The van der Waals surface area contributed by atoms with Crippen molar-refractivity contribution in [3.63, 3.8) is 0 Å². The lowest BCUT2D eigenvalue weighted by Crippen LogP contribution is -2.32. The largest absolute Gasteiger partial charge is 0.483 e. The smallest absolute Gasteiger partial charge is 0.144 e. The second kappa shape index (κ2) is 2.53. The number of fused-ring (bicyclic) bond motifs is 1. The summed E-state index contributed by atoms with van der Waals surface area (Å²) >= 11 is 2.33. The van der Waals surface area contributed by atoms with Crippen LogP contribution in [0.3, 0.4) is 0 Å². The fourth-order valence-electron chi connectivity index (χ4n) is 1.70. The Balaban J connectivity index is 2.05. The fraction of sp³-hybridized carbons (Fsp3) is 0.400. The van der Waals surface area contributed by atoms with Crippen LogP contribution in [0.25, 0.3) is 0 Å². The summed E-state index contributed by atoms with van der Waals surface area (Å²) in [5, 5.41) is 3.45. The Hall–Kier alpha value is -0.450. The van der Waals surface area contributed by atoms with E-state index in [0.717, 1.165) is 12.3 Å². The Kier molecular flexibility index (Phi) is 1.54. The molecule has 13 heavy (non-hydrogen) atoms. The van der Waals surface area contributed by atoms with E-state index in [1.54, 1.807) is 0 Å². The van der Waals surface area contributed by atoms with Gasteiger partial charge in [0.15, 0.2) is 0 Å². The summed E-state index contributed by atoms with van der Waals surface area (Å²) < 4.78 is 7.19. The van der Waals surface area contributed by atoms with Gasteiger partial charge in [-0.3, -0.25) is 0 Å². The van der Waals surface area contributed by atoms with E-state index < -0.39 is 0 Å². The van der Waals surface area contributed by atoms with Gasteiger partial charge in [0.05, 0.1) is 12.2 Å². The Morgan fingerprint density at radius 1 is 1.38 bits per heavy atom. The molecule has 2 nitrogen and oxygen atoms in total. The first-order chi connectivity index (χ1) is 6.29. The molecular formula is C10H10INO. The van der Waals surface area contributed by atoms with Gasteiger partial charge in [-0.25, -0.2) is 0 Å². The van der Waals surface area contributed by atoms with Crippen LogP contribution >= 0.6 is 22.6 Å². The minimum Gasteiger partial charge on any atom is -0.483 e. The standard InChI is InChI=1S/C10H10INO/c11-7-2-1-3-8-9(7)12-6-10(13-8)4-5-10/h1-3,12H,4-6H2. The first-order valence-corrected chi connectivity index (χ1v) is 5.58. The Morgan fingerprint density at radius 2 is 2.23 bits per heavy atom. The summed E-state index contributed by atoms with van der Waals surface area (Å²) in [6.45, 7) is 0.972. The second-order valence-electron chi connectivity index (χ2n) is 3.75. The first-order valence-electron chi connectivity index (χ1n) is 4.51. The zero-order valence-corrected chi connectivity index (χ0v) is 9.30. The van der Waals surface area contributed by atoms with Crippen LogP contribution in [0.2, 0.25) is 0 Å². The van der Waals surface area contributed by atoms with Crippen LogP contribution < -0.4 is 10.1 Å². The summed E-state index contributed by atoms with van der Waals surface area (Å²) in [5.74, 6) is 1.02. The zero-order valence-electron chi connectivity index (χ0n) is 7.14. The number of para-hydroxylation sites is 1. The molecule has 1 saturated carbocycles. The molecule has 0 saturated heterocycles. The average Bonchev–Trinajstić information content (AvgIpc) is 2.85. The van der Waals surface area contributed by atoms with Gasteiger partial charge < -0.3 is 10.1 Å². The lowest BCUT2D eigenvalue weighted by Gasteiger charge is -2.27. The van der Waals surface area contributed by atoms with Crippen molar-refractivity contribution in [3.05, 3.63) is 21.8 Å². The van der Waals surface area contributed by atoms with Gasteiger partial charge in [-0.05, 0) is 47.6 Å². The minimum atomic E-state index is 0.150. The van der Waals surface area contributed by atoms with Crippen molar-refractivity contribution < 1.29 is 4.74 Å². The van der Waals surface area contributed by atoms with Gasteiger partial charge in [-0.15, -0.1) is 0 Å². The predicted octanol–water partition coefficient (Wildman–Crippen LogP) is 2.63. The van der Waals surface area contributed by atoms with E-state index in [1.165, 1.54) is 22.1 Å². The molecular weight excluding hydrogens is 277 g/mol. The number of hydrogen-bond acceptors (Lipinski definition) is 2. The third kappa shape index (κ3) is 1.21. The molecule has 0 aromatic heterocycles. The molecule has 1 spiro atoms. The fourth-order valence-corrected chi connectivity index (χ4v) is 2.36. The van der Waals surface area contributed by atoms with Crippen LogP contribution in [0.4, 0.5) is 5.69 Å². The summed E-state index contributed by atoms with van der Waals surface area (Å²) in [4.78, 5) is 0. The van der Waals surface area contributed by atoms with Crippen LogP contribution in [-0.2, 0) is 0 Å².